The molecule has 1 aliphatic rings. The molecule has 0 unspecified atom stereocenters. The van der Waals surface area contributed by atoms with Crippen LogP contribution in [0.2, 0.25) is 0 Å². The van der Waals surface area contributed by atoms with Gasteiger partial charge in [-0.3, -0.25) is 0 Å². The Morgan fingerprint density at radius 3 is 2.50 bits per heavy atom. The van der Waals surface area contributed by atoms with Crippen LogP contribution >= 0.6 is 0 Å². The SMILES string of the molecule is CC(C)Oc1ccc(CNCC2(O)CCOCC2)cc1. The Morgan fingerprint density at radius 2 is 1.90 bits per heavy atom. The van der Waals surface area contributed by atoms with Crippen LogP contribution in [-0.2, 0) is 11.3 Å². The van der Waals surface area contributed by atoms with Crippen LogP contribution in [0.4, 0.5) is 0 Å². The van der Waals surface area contributed by atoms with E-state index in [0.29, 0.717) is 32.6 Å². The molecule has 112 valence electrons. The number of hydrogen-bond acceptors (Lipinski definition) is 4. The van der Waals surface area contributed by atoms with Crippen LogP contribution in [0, 0.1) is 0 Å². The smallest absolute Gasteiger partial charge is 0.119 e. The molecule has 0 aromatic heterocycles. The summed E-state index contributed by atoms with van der Waals surface area (Å²) in [5.41, 5.74) is 0.579. The first-order chi connectivity index (χ1) is 9.57. The van der Waals surface area contributed by atoms with Crippen LogP contribution in [0.25, 0.3) is 0 Å². The summed E-state index contributed by atoms with van der Waals surface area (Å²) in [6, 6.07) is 8.08. The van der Waals surface area contributed by atoms with Crippen molar-refractivity contribution in [2.75, 3.05) is 19.8 Å². The van der Waals surface area contributed by atoms with Gasteiger partial charge in [0.25, 0.3) is 0 Å². The van der Waals surface area contributed by atoms with Crippen molar-refractivity contribution in [2.45, 2.75) is 44.9 Å². The summed E-state index contributed by atoms with van der Waals surface area (Å²) in [7, 11) is 0. The number of ether oxygens (including phenoxy) is 2. The topological polar surface area (TPSA) is 50.7 Å². The van der Waals surface area contributed by atoms with E-state index in [2.05, 4.69) is 17.4 Å². The third kappa shape index (κ3) is 4.78. The van der Waals surface area contributed by atoms with Crippen molar-refractivity contribution in [1.82, 2.24) is 5.32 Å². The lowest BCUT2D eigenvalue weighted by molar-refractivity contribution is -0.0617. The van der Waals surface area contributed by atoms with Gasteiger partial charge >= 0.3 is 0 Å². The Hall–Kier alpha value is -1.10. The fourth-order valence-electron chi connectivity index (χ4n) is 2.33. The molecule has 20 heavy (non-hydrogen) atoms. The monoisotopic (exact) mass is 279 g/mol. The number of rotatable bonds is 6. The van der Waals surface area contributed by atoms with Crippen molar-refractivity contribution in [1.29, 1.82) is 0 Å². The van der Waals surface area contributed by atoms with Crippen LogP contribution < -0.4 is 10.1 Å². The van der Waals surface area contributed by atoms with Crippen LogP contribution in [0.3, 0.4) is 0 Å². The second kappa shape index (κ2) is 7.07. The van der Waals surface area contributed by atoms with Gasteiger partial charge in [0.1, 0.15) is 5.75 Å². The molecule has 1 heterocycles. The molecule has 0 spiro atoms. The average molecular weight is 279 g/mol. The van der Waals surface area contributed by atoms with Gasteiger partial charge < -0.3 is 19.9 Å². The molecule has 0 saturated carbocycles. The van der Waals surface area contributed by atoms with Gasteiger partial charge in [-0.05, 0) is 31.5 Å². The maximum Gasteiger partial charge on any atom is 0.119 e. The molecule has 0 aliphatic carbocycles. The average Bonchev–Trinajstić information content (AvgIpc) is 2.41. The molecule has 1 aliphatic heterocycles. The minimum atomic E-state index is -0.612. The zero-order chi connectivity index (χ0) is 14.4. The predicted molar refractivity (Wildman–Crippen MR) is 78.9 cm³/mol. The fraction of sp³-hybridized carbons (Fsp3) is 0.625. The Bertz CT molecular complexity index is 397. The lowest BCUT2D eigenvalue weighted by Gasteiger charge is -2.32. The summed E-state index contributed by atoms with van der Waals surface area (Å²) in [5, 5.41) is 13.7. The van der Waals surface area contributed by atoms with Crippen molar-refractivity contribution < 1.29 is 14.6 Å². The molecule has 2 rings (SSSR count). The highest BCUT2D eigenvalue weighted by molar-refractivity contribution is 5.27. The molecule has 1 fully saturated rings. The number of benzene rings is 1. The Labute approximate surface area is 121 Å². The third-order valence-corrected chi connectivity index (χ3v) is 3.50. The van der Waals surface area contributed by atoms with E-state index < -0.39 is 5.60 Å². The molecule has 0 bridgehead atoms. The van der Waals surface area contributed by atoms with Gasteiger partial charge in [-0.15, -0.1) is 0 Å². The first kappa shape index (κ1) is 15.3. The maximum absolute atomic E-state index is 10.3. The van der Waals surface area contributed by atoms with E-state index in [9.17, 15) is 5.11 Å². The summed E-state index contributed by atoms with van der Waals surface area (Å²) in [5.74, 6) is 0.895. The Morgan fingerprint density at radius 1 is 1.25 bits per heavy atom. The van der Waals surface area contributed by atoms with E-state index in [-0.39, 0.29) is 6.10 Å². The molecule has 1 saturated heterocycles. The van der Waals surface area contributed by atoms with Crippen molar-refractivity contribution in [3.63, 3.8) is 0 Å². The molecule has 1 aromatic carbocycles. The normalized spacial score (nSPS) is 18.2. The Kier molecular flexibility index (Phi) is 5.40. The highest BCUT2D eigenvalue weighted by Gasteiger charge is 2.28. The van der Waals surface area contributed by atoms with Crippen molar-refractivity contribution >= 4 is 0 Å². The summed E-state index contributed by atoms with van der Waals surface area (Å²) in [6.07, 6.45) is 1.62. The zero-order valence-corrected chi connectivity index (χ0v) is 12.4. The minimum absolute atomic E-state index is 0.196. The van der Waals surface area contributed by atoms with Crippen LogP contribution in [0.1, 0.15) is 32.3 Å². The van der Waals surface area contributed by atoms with Gasteiger partial charge in [-0.2, -0.15) is 0 Å². The molecular weight excluding hydrogens is 254 g/mol. The summed E-state index contributed by atoms with van der Waals surface area (Å²) >= 11 is 0. The van der Waals surface area contributed by atoms with Gasteiger partial charge in [0.15, 0.2) is 0 Å². The van der Waals surface area contributed by atoms with E-state index in [1.165, 1.54) is 5.56 Å². The quantitative estimate of drug-likeness (QED) is 0.837. The Balaban J connectivity index is 1.76. The lowest BCUT2D eigenvalue weighted by atomic mass is 9.94. The third-order valence-electron chi connectivity index (χ3n) is 3.50. The van der Waals surface area contributed by atoms with E-state index >= 15 is 0 Å². The number of nitrogens with one attached hydrogen (secondary N) is 1. The van der Waals surface area contributed by atoms with Gasteiger partial charge in [-0.1, -0.05) is 12.1 Å². The van der Waals surface area contributed by atoms with Gasteiger partial charge in [0.05, 0.1) is 11.7 Å². The van der Waals surface area contributed by atoms with Gasteiger partial charge in [-0.25, -0.2) is 0 Å². The summed E-state index contributed by atoms with van der Waals surface area (Å²) in [4.78, 5) is 0. The standard InChI is InChI=1S/C16H25NO3/c1-13(2)20-15-5-3-14(4-6-15)11-17-12-16(18)7-9-19-10-8-16/h3-6,13,17-18H,7-12H2,1-2H3. The molecule has 4 nitrogen and oxygen atoms in total. The first-order valence-electron chi connectivity index (χ1n) is 7.34. The van der Waals surface area contributed by atoms with E-state index in [1.807, 2.05) is 26.0 Å². The fourth-order valence-corrected chi connectivity index (χ4v) is 2.33. The summed E-state index contributed by atoms with van der Waals surface area (Å²) in [6.45, 7) is 6.71. The summed E-state index contributed by atoms with van der Waals surface area (Å²) < 4.78 is 10.9. The maximum atomic E-state index is 10.3. The van der Waals surface area contributed by atoms with Crippen molar-refractivity contribution in [3.05, 3.63) is 29.8 Å². The molecule has 2 N–H and O–H groups in total. The van der Waals surface area contributed by atoms with E-state index in [4.69, 9.17) is 9.47 Å². The number of aliphatic hydroxyl groups is 1. The highest BCUT2D eigenvalue weighted by atomic mass is 16.5. The van der Waals surface area contributed by atoms with Crippen LogP contribution in [0.5, 0.6) is 5.75 Å². The van der Waals surface area contributed by atoms with Crippen molar-refractivity contribution in [2.24, 2.45) is 0 Å². The molecule has 0 radical (unpaired) electrons. The minimum Gasteiger partial charge on any atom is -0.491 e. The molecule has 0 atom stereocenters. The first-order valence-corrected chi connectivity index (χ1v) is 7.34. The zero-order valence-electron chi connectivity index (χ0n) is 12.4. The second-order valence-electron chi connectivity index (χ2n) is 5.75. The van der Waals surface area contributed by atoms with Gasteiger partial charge in [0, 0.05) is 39.1 Å². The van der Waals surface area contributed by atoms with E-state index in [1.54, 1.807) is 0 Å². The lowest BCUT2D eigenvalue weighted by Crippen LogP contribution is -2.44. The molecule has 0 amide bonds. The predicted octanol–water partition coefficient (Wildman–Crippen LogP) is 2.10. The van der Waals surface area contributed by atoms with Crippen molar-refractivity contribution in [3.8, 4) is 5.75 Å². The van der Waals surface area contributed by atoms with E-state index in [0.717, 1.165) is 12.3 Å². The van der Waals surface area contributed by atoms with Crippen LogP contribution in [-0.4, -0.2) is 36.6 Å². The number of hydrogen-bond donors (Lipinski definition) is 2. The van der Waals surface area contributed by atoms with Crippen LogP contribution in [0.15, 0.2) is 24.3 Å². The highest BCUT2D eigenvalue weighted by Crippen LogP contribution is 2.19. The largest absolute Gasteiger partial charge is 0.491 e. The molecule has 1 aromatic rings. The van der Waals surface area contributed by atoms with Gasteiger partial charge in [0.2, 0.25) is 0 Å². The molecule has 4 heteroatoms. The molecular formula is C16H25NO3. The second-order valence-corrected chi connectivity index (χ2v) is 5.75.